The molecule has 1 unspecified atom stereocenters. The Labute approximate surface area is 69.6 Å². The summed E-state index contributed by atoms with van der Waals surface area (Å²) in [7, 11) is 4.00. The van der Waals surface area contributed by atoms with Crippen LogP contribution in [0.2, 0.25) is 0 Å². The van der Waals surface area contributed by atoms with Gasteiger partial charge in [-0.05, 0) is 34.9 Å². The molecule has 66 valence electrons. The van der Waals surface area contributed by atoms with Gasteiger partial charge in [0.05, 0.1) is 0 Å². The second-order valence-corrected chi connectivity index (χ2v) is 3.88. The van der Waals surface area contributed by atoms with Gasteiger partial charge in [0.1, 0.15) is 5.78 Å². The zero-order valence-electron chi connectivity index (χ0n) is 8.43. The van der Waals surface area contributed by atoms with Gasteiger partial charge >= 0.3 is 0 Å². The molecule has 0 aromatic rings. The van der Waals surface area contributed by atoms with E-state index in [0.29, 0.717) is 0 Å². The molecule has 0 saturated carbocycles. The Kier molecular flexibility index (Phi) is 3.24. The fraction of sp³-hybridized carbons (Fsp3) is 0.889. The van der Waals surface area contributed by atoms with Gasteiger partial charge in [0.2, 0.25) is 0 Å². The Morgan fingerprint density at radius 2 is 1.73 bits per heavy atom. The van der Waals surface area contributed by atoms with Crippen LogP contribution in [0.25, 0.3) is 0 Å². The average Bonchev–Trinajstić information content (AvgIpc) is 1.85. The molecule has 0 bridgehead atoms. The zero-order valence-corrected chi connectivity index (χ0v) is 8.43. The highest BCUT2D eigenvalue weighted by atomic mass is 16.1. The van der Waals surface area contributed by atoms with Crippen LogP contribution in [0.15, 0.2) is 0 Å². The number of ketones is 1. The van der Waals surface area contributed by atoms with Crippen LogP contribution in [0.3, 0.4) is 0 Å². The van der Waals surface area contributed by atoms with Gasteiger partial charge in [-0.3, -0.25) is 4.79 Å². The third-order valence-electron chi connectivity index (χ3n) is 2.82. The van der Waals surface area contributed by atoms with Crippen LogP contribution in [-0.2, 0) is 4.79 Å². The van der Waals surface area contributed by atoms with E-state index < -0.39 is 0 Å². The van der Waals surface area contributed by atoms with Crippen molar-refractivity contribution in [2.45, 2.75) is 33.2 Å². The lowest BCUT2D eigenvalue weighted by atomic mass is 9.85. The Morgan fingerprint density at radius 3 is 1.82 bits per heavy atom. The molecule has 0 aliphatic rings. The topological polar surface area (TPSA) is 20.3 Å². The Hall–Kier alpha value is -0.370. The third-order valence-corrected chi connectivity index (χ3v) is 2.82. The van der Waals surface area contributed by atoms with E-state index in [1.54, 1.807) is 6.92 Å². The first-order valence-electron chi connectivity index (χ1n) is 3.98. The molecule has 0 rings (SSSR count). The minimum absolute atomic E-state index is 0.0359. The van der Waals surface area contributed by atoms with Crippen molar-refractivity contribution in [2.24, 2.45) is 5.92 Å². The van der Waals surface area contributed by atoms with Crippen LogP contribution in [0.5, 0.6) is 0 Å². The summed E-state index contributed by atoms with van der Waals surface area (Å²) in [5.74, 6) is 0.348. The quantitative estimate of drug-likeness (QED) is 0.619. The van der Waals surface area contributed by atoms with Crippen molar-refractivity contribution < 1.29 is 4.79 Å². The summed E-state index contributed by atoms with van der Waals surface area (Å²) in [6.07, 6.45) is 0. The average molecular weight is 157 g/mol. The summed E-state index contributed by atoms with van der Waals surface area (Å²) >= 11 is 0. The molecule has 0 heterocycles. The summed E-state index contributed by atoms with van der Waals surface area (Å²) in [5.41, 5.74) is -0.0359. The van der Waals surface area contributed by atoms with Crippen molar-refractivity contribution in [3.05, 3.63) is 0 Å². The van der Waals surface area contributed by atoms with Crippen molar-refractivity contribution in [3.63, 3.8) is 0 Å². The van der Waals surface area contributed by atoms with Crippen LogP contribution >= 0.6 is 0 Å². The van der Waals surface area contributed by atoms with Crippen LogP contribution in [0.1, 0.15) is 27.7 Å². The number of Topliss-reactive ketones (excluding diaryl/α,β-unsaturated/α-hetero) is 1. The van der Waals surface area contributed by atoms with E-state index in [1.807, 2.05) is 21.0 Å². The maximum atomic E-state index is 11.1. The standard InChI is InChI=1S/C9H19NO/c1-7(8(2)11)9(3,4)10(5)6/h7H,1-6H3. The molecular formula is C9H19NO. The third kappa shape index (κ3) is 2.29. The molecule has 0 N–H and O–H groups in total. The number of hydrogen-bond donors (Lipinski definition) is 0. The van der Waals surface area contributed by atoms with Gasteiger partial charge < -0.3 is 4.90 Å². The predicted molar refractivity (Wildman–Crippen MR) is 47.6 cm³/mol. The minimum Gasteiger partial charge on any atom is -0.304 e. The largest absolute Gasteiger partial charge is 0.304 e. The lowest BCUT2D eigenvalue weighted by Gasteiger charge is -2.36. The highest BCUT2D eigenvalue weighted by Gasteiger charge is 2.30. The second-order valence-electron chi connectivity index (χ2n) is 3.88. The maximum absolute atomic E-state index is 11.1. The molecule has 0 fully saturated rings. The van der Waals surface area contributed by atoms with Crippen LogP contribution < -0.4 is 0 Å². The van der Waals surface area contributed by atoms with Gasteiger partial charge in [-0.15, -0.1) is 0 Å². The van der Waals surface area contributed by atoms with Gasteiger partial charge in [-0.25, -0.2) is 0 Å². The molecule has 2 nitrogen and oxygen atoms in total. The first kappa shape index (κ1) is 10.6. The van der Waals surface area contributed by atoms with Gasteiger partial charge in [0.15, 0.2) is 0 Å². The summed E-state index contributed by atoms with van der Waals surface area (Å²) in [5, 5.41) is 0. The molecule has 0 radical (unpaired) electrons. The van der Waals surface area contributed by atoms with Crippen molar-refractivity contribution >= 4 is 5.78 Å². The Balaban J connectivity index is 4.41. The highest BCUT2D eigenvalue weighted by Crippen LogP contribution is 2.21. The fourth-order valence-electron chi connectivity index (χ4n) is 0.885. The Morgan fingerprint density at radius 1 is 1.36 bits per heavy atom. The van der Waals surface area contributed by atoms with E-state index in [4.69, 9.17) is 0 Å². The van der Waals surface area contributed by atoms with Crippen molar-refractivity contribution in [2.75, 3.05) is 14.1 Å². The molecule has 0 aromatic carbocycles. The normalized spacial score (nSPS) is 15.2. The van der Waals surface area contributed by atoms with Gasteiger partial charge in [-0.1, -0.05) is 6.92 Å². The summed E-state index contributed by atoms with van der Waals surface area (Å²) in [6, 6.07) is 0. The molecule has 0 aliphatic carbocycles. The highest BCUT2D eigenvalue weighted by molar-refractivity contribution is 5.79. The first-order valence-corrected chi connectivity index (χ1v) is 3.98. The molecule has 0 amide bonds. The van der Waals surface area contributed by atoms with E-state index in [1.165, 1.54) is 0 Å². The molecule has 0 spiro atoms. The number of nitrogens with zero attached hydrogens (tertiary/aromatic N) is 1. The number of carbonyl (C=O) groups excluding carboxylic acids is 1. The van der Waals surface area contributed by atoms with E-state index in [0.717, 1.165) is 0 Å². The fourth-order valence-corrected chi connectivity index (χ4v) is 0.885. The second kappa shape index (κ2) is 3.35. The van der Waals surface area contributed by atoms with E-state index in [2.05, 4.69) is 18.7 Å². The Bertz CT molecular complexity index is 150. The lowest BCUT2D eigenvalue weighted by molar-refractivity contribution is -0.123. The zero-order chi connectivity index (χ0) is 9.23. The molecule has 11 heavy (non-hydrogen) atoms. The molecule has 0 saturated heterocycles. The predicted octanol–water partition coefficient (Wildman–Crippen LogP) is 1.55. The summed E-state index contributed by atoms with van der Waals surface area (Å²) in [4.78, 5) is 13.2. The molecular weight excluding hydrogens is 138 g/mol. The maximum Gasteiger partial charge on any atom is 0.134 e. The van der Waals surface area contributed by atoms with Crippen molar-refractivity contribution in [3.8, 4) is 0 Å². The van der Waals surface area contributed by atoms with Crippen LogP contribution in [-0.4, -0.2) is 30.3 Å². The smallest absolute Gasteiger partial charge is 0.134 e. The number of hydrogen-bond acceptors (Lipinski definition) is 2. The summed E-state index contributed by atoms with van der Waals surface area (Å²) in [6.45, 7) is 7.79. The van der Waals surface area contributed by atoms with Crippen molar-refractivity contribution in [1.82, 2.24) is 4.90 Å². The van der Waals surface area contributed by atoms with Gasteiger partial charge in [0, 0.05) is 11.5 Å². The van der Waals surface area contributed by atoms with Gasteiger partial charge in [-0.2, -0.15) is 0 Å². The van der Waals surface area contributed by atoms with Crippen LogP contribution in [0.4, 0.5) is 0 Å². The van der Waals surface area contributed by atoms with E-state index >= 15 is 0 Å². The van der Waals surface area contributed by atoms with Crippen LogP contribution in [0, 0.1) is 5.92 Å². The van der Waals surface area contributed by atoms with Crippen molar-refractivity contribution in [1.29, 1.82) is 0 Å². The molecule has 0 aromatic heterocycles. The number of rotatable bonds is 3. The number of carbonyl (C=O) groups is 1. The lowest BCUT2D eigenvalue weighted by Crippen LogP contribution is -2.46. The first-order chi connectivity index (χ1) is 4.80. The van der Waals surface area contributed by atoms with Gasteiger partial charge in [0.25, 0.3) is 0 Å². The van der Waals surface area contributed by atoms with E-state index in [9.17, 15) is 4.79 Å². The molecule has 1 atom stereocenters. The molecule has 0 aliphatic heterocycles. The summed E-state index contributed by atoms with van der Waals surface area (Å²) < 4.78 is 0. The molecule has 2 heteroatoms. The minimum atomic E-state index is -0.0359. The monoisotopic (exact) mass is 157 g/mol. The SMILES string of the molecule is CC(=O)C(C)C(C)(C)N(C)C. The van der Waals surface area contributed by atoms with E-state index in [-0.39, 0.29) is 17.2 Å².